The van der Waals surface area contributed by atoms with E-state index in [2.05, 4.69) is 5.32 Å². The molecule has 0 radical (unpaired) electrons. The second-order valence-electron chi connectivity index (χ2n) is 6.17. The maximum absolute atomic E-state index is 14.0. The predicted octanol–water partition coefficient (Wildman–Crippen LogP) is 2.33. The number of sulfonamides is 1. The highest BCUT2D eigenvalue weighted by molar-refractivity contribution is 7.89. The number of halogens is 1. The first kappa shape index (κ1) is 19.5. The van der Waals surface area contributed by atoms with Crippen LogP contribution in [0.15, 0.2) is 28.5 Å². The van der Waals surface area contributed by atoms with Crippen molar-refractivity contribution in [2.45, 2.75) is 24.7 Å². The summed E-state index contributed by atoms with van der Waals surface area (Å²) in [6, 6.07) is 3.64. The van der Waals surface area contributed by atoms with Gasteiger partial charge in [-0.3, -0.25) is 9.59 Å². The third kappa shape index (κ3) is 3.73. The van der Waals surface area contributed by atoms with Gasteiger partial charge in [0.15, 0.2) is 0 Å². The Kier molecular flexibility index (Phi) is 5.31. The lowest BCUT2D eigenvalue weighted by Crippen LogP contribution is -2.29. The van der Waals surface area contributed by atoms with E-state index in [9.17, 15) is 22.4 Å². The fourth-order valence-electron chi connectivity index (χ4n) is 2.86. The quantitative estimate of drug-likeness (QED) is 0.787. The molecule has 0 spiro atoms. The van der Waals surface area contributed by atoms with Gasteiger partial charge in [-0.2, -0.15) is 4.31 Å². The number of nitrogens with two attached hydrogens (primary N) is 1. The molecule has 1 fully saturated rings. The Hall–Kier alpha value is -2.30. The highest BCUT2D eigenvalue weighted by atomic mass is 32.2. The molecule has 1 saturated heterocycles. The van der Waals surface area contributed by atoms with Gasteiger partial charge in [0.2, 0.25) is 15.9 Å². The van der Waals surface area contributed by atoms with Crippen LogP contribution in [0.5, 0.6) is 0 Å². The fourth-order valence-corrected chi connectivity index (χ4v) is 5.68. The van der Waals surface area contributed by atoms with Crippen molar-refractivity contribution in [2.75, 3.05) is 18.4 Å². The molecule has 0 bridgehead atoms. The van der Waals surface area contributed by atoms with Crippen molar-refractivity contribution >= 4 is 38.9 Å². The van der Waals surface area contributed by atoms with Gasteiger partial charge in [0.1, 0.15) is 15.6 Å². The van der Waals surface area contributed by atoms with E-state index in [0.717, 1.165) is 30.2 Å². The van der Waals surface area contributed by atoms with Crippen molar-refractivity contribution in [1.29, 1.82) is 0 Å². The lowest BCUT2D eigenvalue weighted by atomic mass is 10.1. The molecule has 144 valence electrons. The number of carbonyl (C=O) groups excluding carboxylic acids is 2. The summed E-state index contributed by atoms with van der Waals surface area (Å²) in [6.07, 6.45) is 1.56. The summed E-state index contributed by atoms with van der Waals surface area (Å²) in [6.45, 7) is 2.28. The van der Waals surface area contributed by atoms with Crippen LogP contribution in [0.2, 0.25) is 0 Å². The molecule has 1 aromatic carbocycles. The molecule has 0 aliphatic carbocycles. The topological polar surface area (TPSA) is 110 Å². The molecule has 7 nitrogen and oxygen atoms in total. The number of carbonyl (C=O) groups is 2. The van der Waals surface area contributed by atoms with Crippen LogP contribution in [0.1, 0.15) is 38.4 Å². The highest BCUT2D eigenvalue weighted by Gasteiger charge is 2.32. The molecule has 1 aliphatic heterocycles. The van der Waals surface area contributed by atoms with Crippen LogP contribution in [0.4, 0.5) is 10.1 Å². The summed E-state index contributed by atoms with van der Waals surface area (Å²) >= 11 is 0.980. The van der Waals surface area contributed by atoms with E-state index in [0.29, 0.717) is 13.1 Å². The van der Waals surface area contributed by atoms with Gasteiger partial charge in [0.05, 0.1) is 0 Å². The number of rotatable bonds is 5. The number of thiophene rings is 1. The summed E-state index contributed by atoms with van der Waals surface area (Å²) in [5, 5.41) is 4.01. The molecule has 0 saturated carbocycles. The van der Waals surface area contributed by atoms with Crippen LogP contribution in [-0.4, -0.2) is 37.6 Å². The van der Waals surface area contributed by atoms with Gasteiger partial charge in [-0.25, -0.2) is 12.8 Å². The molecule has 2 aromatic rings. The Labute approximate surface area is 160 Å². The van der Waals surface area contributed by atoms with E-state index < -0.39 is 27.7 Å². The number of benzene rings is 1. The third-order valence-electron chi connectivity index (χ3n) is 4.40. The van der Waals surface area contributed by atoms with Gasteiger partial charge in [-0.05, 0) is 43.3 Å². The Balaban J connectivity index is 1.93. The molecule has 0 unspecified atom stereocenters. The maximum atomic E-state index is 14.0. The Morgan fingerprint density at radius 2 is 1.93 bits per heavy atom. The molecule has 2 amide bonds. The van der Waals surface area contributed by atoms with E-state index in [4.69, 9.17) is 5.73 Å². The van der Waals surface area contributed by atoms with Crippen LogP contribution >= 0.6 is 11.3 Å². The first-order chi connectivity index (χ1) is 12.7. The van der Waals surface area contributed by atoms with E-state index >= 15 is 0 Å². The summed E-state index contributed by atoms with van der Waals surface area (Å²) in [5.41, 5.74) is 5.26. The second kappa shape index (κ2) is 7.37. The molecular weight excluding hydrogens is 393 g/mol. The van der Waals surface area contributed by atoms with E-state index in [-0.39, 0.29) is 26.6 Å². The van der Waals surface area contributed by atoms with Gasteiger partial charge < -0.3 is 11.1 Å². The molecule has 10 heteroatoms. The van der Waals surface area contributed by atoms with Crippen LogP contribution < -0.4 is 11.1 Å². The number of nitrogens with one attached hydrogen (secondary N) is 1. The minimum Gasteiger partial charge on any atom is -0.366 e. The number of primary amides is 1. The lowest BCUT2D eigenvalue weighted by Gasteiger charge is -2.16. The third-order valence-corrected chi connectivity index (χ3v) is 7.38. The second-order valence-corrected chi connectivity index (χ2v) is 9.00. The minimum atomic E-state index is -3.77. The van der Waals surface area contributed by atoms with Gasteiger partial charge in [-0.15, -0.1) is 11.3 Å². The maximum Gasteiger partial charge on any atom is 0.267 e. The normalized spacial score (nSPS) is 15.0. The summed E-state index contributed by atoms with van der Waals surface area (Å²) in [5.74, 6) is -2.22. The Morgan fingerprint density at radius 3 is 2.56 bits per heavy atom. The zero-order valence-corrected chi connectivity index (χ0v) is 16.1. The molecule has 1 aromatic heterocycles. The van der Waals surface area contributed by atoms with Crippen molar-refractivity contribution in [3.63, 3.8) is 0 Å². The number of nitrogens with zero attached hydrogens (tertiary/aromatic N) is 1. The van der Waals surface area contributed by atoms with Crippen molar-refractivity contribution in [2.24, 2.45) is 5.73 Å². The largest absolute Gasteiger partial charge is 0.366 e. The van der Waals surface area contributed by atoms with Crippen molar-refractivity contribution in [1.82, 2.24) is 4.31 Å². The SMILES string of the molecule is Cc1c(F)cc(C(N)=O)cc1NC(=O)c1sccc1S(=O)(=O)N1CCCC1. The monoisotopic (exact) mass is 411 g/mol. The van der Waals surface area contributed by atoms with Crippen LogP contribution in [0.3, 0.4) is 0 Å². The van der Waals surface area contributed by atoms with Crippen LogP contribution in [-0.2, 0) is 10.0 Å². The molecule has 27 heavy (non-hydrogen) atoms. The highest BCUT2D eigenvalue weighted by Crippen LogP contribution is 2.29. The zero-order valence-electron chi connectivity index (χ0n) is 14.5. The number of amides is 2. The number of anilines is 1. The number of hydrogen-bond acceptors (Lipinski definition) is 5. The summed E-state index contributed by atoms with van der Waals surface area (Å²) in [4.78, 5) is 23.9. The van der Waals surface area contributed by atoms with E-state index in [1.54, 1.807) is 0 Å². The molecule has 2 heterocycles. The summed E-state index contributed by atoms with van der Waals surface area (Å²) < 4.78 is 40.9. The Morgan fingerprint density at radius 1 is 1.26 bits per heavy atom. The zero-order chi connectivity index (χ0) is 19.8. The van der Waals surface area contributed by atoms with Gasteiger partial charge in [0.25, 0.3) is 5.91 Å². The first-order valence-corrected chi connectivity index (χ1v) is 10.5. The van der Waals surface area contributed by atoms with Crippen LogP contribution in [0, 0.1) is 12.7 Å². The molecule has 0 atom stereocenters. The van der Waals surface area contributed by atoms with Gasteiger partial charge >= 0.3 is 0 Å². The van der Waals surface area contributed by atoms with Gasteiger partial charge in [-0.1, -0.05) is 0 Å². The lowest BCUT2D eigenvalue weighted by molar-refractivity contribution is 0.0996. The standard InChI is InChI=1S/C17H18FN3O4S2/c1-10-12(18)8-11(16(19)22)9-13(10)20-17(23)15-14(4-7-26-15)27(24,25)21-5-2-3-6-21/h4,7-9H,2-3,5-6H2,1H3,(H2,19,22)(H,20,23). The van der Waals surface area contributed by atoms with Crippen molar-refractivity contribution in [3.05, 3.63) is 45.4 Å². The smallest absolute Gasteiger partial charge is 0.267 e. The van der Waals surface area contributed by atoms with Crippen molar-refractivity contribution < 1.29 is 22.4 Å². The van der Waals surface area contributed by atoms with Gasteiger partial charge in [0, 0.05) is 29.9 Å². The van der Waals surface area contributed by atoms with Crippen molar-refractivity contribution in [3.8, 4) is 0 Å². The van der Waals surface area contributed by atoms with E-state index in [1.807, 2.05) is 0 Å². The first-order valence-electron chi connectivity index (χ1n) is 8.20. The summed E-state index contributed by atoms with van der Waals surface area (Å²) in [7, 11) is -3.77. The van der Waals surface area contributed by atoms with Crippen LogP contribution in [0.25, 0.3) is 0 Å². The minimum absolute atomic E-state index is 0.00573. The Bertz CT molecular complexity index is 1010. The molecule has 3 rings (SSSR count). The fraction of sp³-hybridized carbons (Fsp3) is 0.294. The predicted molar refractivity (Wildman–Crippen MR) is 99.9 cm³/mol. The molecule has 1 aliphatic rings. The average molecular weight is 411 g/mol. The average Bonchev–Trinajstić information content (AvgIpc) is 3.30. The molecule has 3 N–H and O–H groups in total. The number of hydrogen-bond donors (Lipinski definition) is 2. The van der Waals surface area contributed by atoms with E-state index in [1.165, 1.54) is 28.7 Å². The molecular formula is C17H18FN3O4S2.